The van der Waals surface area contributed by atoms with Crippen LogP contribution in [0.4, 0.5) is 9.59 Å². The van der Waals surface area contributed by atoms with E-state index in [-0.39, 0.29) is 25.3 Å². The van der Waals surface area contributed by atoms with Gasteiger partial charge >= 0.3 is 12.1 Å². The first-order chi connectivity index (χ1) is 6.84. The third kappa shape index (κ3) is 5.44. The van der Waals surface area contributed by atoms with Crippen molar-refractivity contribution in [1.82, 2.24) is 10.0 Å². The molecule has 0 radical (unpaired) electrons. The van der Waals surface area contributed by atoms with Crippen LogP contribution in [0.15, 0.2) is 0 Å². The van der Waals surface area contributed by atoms with Crippen molar-refractivity contribution in [1.29, 1.82) is 0 Å². The summed E-state index contributed by atoms with van der Waals surface area (Å²) in [4.78, 5) is 32.0. The van der Waals surface area contributed by atoms with Gasteiger partial charge in [-0.25, -0.2) is 21.3 Å². The Kier molecular flexibility index (Phi) is 5.06. The minimum absolute atomic E-state index is 0.0409. The first kappa shape index (κ1) is 13.1. The number of carbonyl (C=O) groups is 3. The second kappa shape index (κ2) is 5.78. The van der Waals surface area contributed by atoms with Crippen molar-refractivity contribution in [3.05, 3.63) is 0 Å². The van der Waals surface area contributed by atoms with Crippen LogP contribution in [0.2, 0.25) is 0 Å². The average molecular weight is 218 g/mol. The lowest BCUT2D eigenvalue weighted by molar-refractivity contribution is -0.119. The van der Waals surface area contributed by atoms with Gasteiger partial charge in [-0.05, 0) is 0 Å². The Morgan fingerprint density at radius 2 is 1.40 bits per heavy atom. The van der Waals surface area contributed by atoms with E-state index < -0.39 is 12.1 Å². The molecule has 9 nitrogen and oxygen atoms in total. The lowest BCUT2D eigenvalue weighted by atomic mass is 10.3. The molecule has 4 amide bonds. The first-order valence-electron chi connectivity index (χ1n) is 3.99. The van der Waals surface area contributed by atoms with Crippen LogP contribution in [0.3, 0.4) is 0 Å². The number of ketones is 1. The summed E-state index contributed by atoms with van der Waals surface area (Å²) in [6.45, 7) is -0.372. The summed E-state index contributed by atoms with van der Waals surface area (Å²) < 4.78 is 0. The molecule has 9 heteroatoms. The summed E-state index contributed by atoms with van der Waals surface area (Å²) >= 11 is 0. The van der Waals surface area contributed by atoms with Crippen molar-refractivity contribution in [2.24, 2.45) is 23.2 Å². The van der Waals surface area contributed by atoms with Gasteiger partial charge in [-0.15, -0.1) is 0 Å². The van der Waals surface area contributed by atoms with Gasteiger partial charge in [0.25, 0.3) is 0 Å². The molecule has 0 aromatic carbocycles. The van der Waals surface area contributed by atoms with Crippen LogP contribution in [0.25, 0.3) is 0 Å². The highest BCUT2D eigenvalue weighted by Gasteiger charge is 2.12. The van der Waals surface area contributed by atoms with Gasteiger partial charge in [0.1, 0.15) is 0 Å². The number of hydrogen-bond donors (Lipinski definition) is 4. The summed E-state index contributed by atoms with van der Waals surface area (Å²) in [5.41, 5.74) is 9.60. The molecule has 0 aromatic rings. The Morgan fingerprint density at radius 3 is 1.80 bits per heavy atom. The highest BCUT2D eigenvalue weighted by Crippen LogP contribution is 1.89. The number of urea groups is 2. The molecular formula is C6H14N6O3. The minimum Gasteiger partial charge on any atom is -0.350 e. The van der Waals surface area contributed by atoms with E-state index in [9.17, 15) is 14.4 Å². The predicted octanol–water partition coefficient (Wildman–Crippen LogP) is -2.55. The molecule has 0 atom stereocenters. The van der Waals surface area contributed by atoms with Gasteiger partial charge < -0.3 is 11.5 Å². The fraction of sp³-hybridized carbons (Fsp3) is 0.500. The minimum atomic E-state index is -0.914. The van der Waals surface area contributed by atoms with E-state index >= 15 is 0 Å². The fourth-order valence-corrected chi connectivity index (χ4v) is 0.702. The van der Waals surface area contributed by atoms with Gasteiger partial charge in [-0.2, -0.15) is 0 Å². The molecule has 0 aliphatic heterocycles. The fourth-order valence-electron chi connectivity index (χ4n) is 0.702. The van der Waals surface area contributed by atoms with Crippen LogP contribution >= 0.6 is 0 Å². The van der Waals surface area contributed by atoms with Crippen LogP contribution in [0.1, 0.15) is 6.42 Å². The molecule has 0 aliphatic rings. The largest absolute Gasteiger partial charge is 0.350 e. The van der Waals surface area contributed by atoms with Crippen molar-refractivity contribution in [2.45, 2.75) is 6.42 Å². The lowest BCUT2D eigenvalue weighted by Gasteiger charge is -2.15. The van der Waals surface area contributed by atoms with Gasteiger partial charge in [0.05, 0.1) is 6.54 Å². The van der Waals surface area contributed by atoms with E-state index in [1.807, 2.05) is 0 Å². The van der Waals surface area contributed by atoms with Crippen molar-refractivity contribution in [3.63, 3.8) is 0 Å². The maximum Gasteiger partial charge on any atom is 0.329 e. The SMILES string of the molecule is NC(=O)N(N)CCC(=O)CN(N)C(N)=O. The third-order valence-electron chi connectivity index (χ3n) is 1.54. The number of nitrogens with zero attached hydrogens (tertiary/aromatic N) is 2. The summed E-state index contributed by atoms with van der Waals surface area (Å²) in [6.07, 6.45) is -0.0551. The van der Waals surface area contributed by atoms with Crippen molar-refractivity contribution in [3.8, 4) is 0 Å². The van der Waals surface area contributed by atoms with E-state index in [0.717, 1.165) is 0 Å². The molecule has 0 aliphatic carbocycles. The number of hydrazine groups is 2. The first-order valence-corrected chi connectivity index (χ1v) is 3.99. The van der Waals surface area contributed by atoms with Gasteiger partial charge in [-0.3, -0.25) is 14.8 Å². The molecule has 0 aromatic heterocycles. The summed E-state index contributed by atoms with van der Waals surface area (Å²) in [5, 5.41) is 1.25. The summed E-state index contributed by atoms with van der Waals surface area (Å²) in [7, 11) is 0. The molecule has 0 saturated carbocycles. The molecule has 0 saturated heterocycles. The summed E-state index contributed by atoms with van der Waals surface area (Å²) in [5.74, 6) is 9.83. The van der Waals surface area contributed by atoms with Crippen LogP contribution in [0.5, 0.6) is 0 Å². The number of hydrogen-bond acceptors (Lipinski definition) is 5. The molecule has 8 N–H and O–H groups in total. The maximum absolute atomic E-state index is 11.1. The molecule has 0 bridgehead atoms. The number of amides is 4. The van der Waals surface area contributed by atoms with E-state index in [1.165, 1.54) is 0 Å². The maximum atomic E-state index is 11.1. The molecule has 0 spiro atoms. The highest BCUT2D eigenvalue weighted by molar-refractivity contribution is 5.85. The van der Waals surface area contributed by atoms with Gasteiger partial charge in [0, 0.05) is 13.0 Å². The van der Waals surface area contributed by atoms with Crippen LogP contribution in [-0.4, -0.2) is 41.0 Å². The van der Waals surface area contributed by atoms with Crippen LogP contribution in [0, 0.1) is 0 Å². The molecule has 0 heterocycles. The van der Waals surface area contributed by atoms with Crippen molar-refractivity contribution >= 4 is 17.8 Å². The smallest absolute Gasteiger partial charge is 0.329 e. The lowest BCUT2D eigenvalue weighted by Crippen LogP contribution is -2.46. The van der Waals surface area contributed by atoms with Crippen molar-refractivity contribution in [2.75, 3.05) is 13.1 Å². The zero-order chi connectivity index (χ0) is 12.0. The van der Waals surface area contributed by atoms with Gasteiger partial charge in [-0.1, -0.05) is 0 Å². The van der Waals surface area contributed by atoms with E-state index in [1.54, 1.807) is 0 Å². The number of nitrogens with two attached hydrogens (primary N) is 4. The van der Waals surface area contributed by atoms with Crippen LogP contribution in [-0.2, 0) is 4.79 Å². The Hall–Kier alpha value is -1.87. The molecule has 0 rings (SSSR count). The Labute approximate surface area is 85.9 Å². The Morgan fingerprint density at radius 1 is 0.933 bits per heavy atom. The highest BCUT2D eigenvalue weighted by atomic mass is 16.2. The third-order valence-corrected chi connectivity index (χ3v) is 1.54. The van der Waals surface area contributed by atoms with Crippen LogP contribution < -0.4 is 23.2 Å². The second-order valence-electron chi connectivity index (χ2n) is 2.79. The Bertz CT molecular complexity index is 268. The van der Waals surface area contributed by atoms with E-state index in [4.69, 9.17) is 23.2 Å². The average Bonchev–Trinajstić information content (AvgIpc) is 2.13. The monoisotopic (exact) mass is 218 g/mol. The predicted molar refractivity (Wildman–Crippen MR) is 50.6 cm³/mol. The quantitative estimate of drug-likeness (QED) is 0.226. The zero-order valence-electron chi connectivity index (χ0n) is 8.05. The van der Waals surface area contributed by atoms with E-state index in [0.29, 0.717) is 10.0 Å². The zero-order valence-corrected chi connectivity index (χ0v) is 8.05. The number of primary amides is 2. The molecule has 86 valence electrons. The molecule has 0 fully saturated rings. The van der Waals surface area contributed by atoms with Gasteiger partial charge in [0.2, 0.25) is 0 Å². The Balaban J connectivity index is 3.85. The second-order valence-corrected chi connectivity index (χ2v) is 2.79. The number of rotatable bonds is 5. The topological polar surface area (TPSA) is 162 Å². The van der Waals surface area contributed by atoms with E-state index in [2.05, 4.69) is 0 Å². The summed E-state index contributed by atoms with van der Waals surface area (Å²) in [6, 6.07) is -1.76. The molecule has 0 unspecified atom stereocenters. The number of Topliss-reactive ketones (excluding diaryl/α,β-unsaturated/α-hetero) is 1. The normalized spacial score (nSPS) is 9.47. The molecular weight excluding hydrogens is 204 g/mol. The number of carbonyl (C=O) groups excluding carboxylic acids is 3. The van der Waals surface area contributed by atoms with Crippen molar-refractivity contribution < 1.29 is 14.4 Å². The molecule has 15 heavy (non-hydrogen) atoms. The van der Waals surface area contributed by atoms with Gasteiger partial charge in [0.15, 0.2) is 5.78 Å². The standard InChI is InChI=1S/C6H14N6O3/c7-5(14)11(9)2-1-4(13)3-12(10)6(8)15/h1-3,9-10H2,(H2,7,14)(H2,8,15).